The Kier molecular flexibility index (Phi) is 5.88. The summed E-state index contributed by atoms with van der Waals surface area (Å²) < 4.78 is 12.0. The predicted molar refractivity (Wildman–Crippen MR) is 63.7 cm³/mol. The molecule has 0 bridgehead atoms. The molecule has 0 radical (unpaired) electrons. The van der Waals surface area contributed by atoms with Crippen LogP contribution in [-0.4, -0.2) is 43.3 Å². The van der Waals surface area contributed by atoms with Gasteiger partial charge in [0.25, 0.3) is 0 Å². The fraction of sp³-hybridized carbons (Fsp3) is 0.727. The fourth-order valence-electron chi connectivity index (χ4n) is 1.42. The van der Waals surface area contributed by atoms with Gasteiger partial charge in [0.05, 0.1) is 25.8 Å². The van der Waals surface area contributed by atoms with Crippen LogP contribution < -0.4 is 5.32 Å². The van der Waals surface area contributed by atoms with Crippen LogP contribution >= 0.6 is 0 Å². The molecule has 1 rings (SSSR count). The van der Waals surface area contributed by atoms with E-state index in [0.29, 0.717) is 19.3 Å². The first-order valence-electron chi connectivity index (χ1n) is 5.58. The van der Waals surface area contributed by atoms with Crippen LogP contribution in [0.1, 0.15) is 13.3 Å². The van der Waals surface area contributed by atoms with Gasteiger partial charge in [0.2, 0.25) is 0 Å². The normalized spacial score (nSPS) is 12.7. The van der Waals surface area contributed by atoms with Crippen LogP contribution in [0.2, 0.25) is 0 Å². The van der Waals surface area contributed by atoms with E-state index in [2.05, 4.69) is 17.3 Å². The first kappa shape index (κ1) is 13.0. The highest BCUT2D eigenvalue weighted by Gasteiger charge is 2.07. The summed E-state index contributed by atoms with van der Waals surface area (Å²) in [6, 6.07) is 2.28. The Hall–Kier alpha value is -1.07. The Morgan fingerprint density at radius 2 is 2.25 bits per heavy atom. The summed E-state index contributed by atoms with van der Waals surface area (Å²) in [6.07, 6.45) is 2.96. The molecular weight excluding hydrogens is 206 g/mol. The molecule has 0 fully saturated rings. The second kappa shape index (κ2) is 7.24. The second-order valence-electron chi connectivity index (χ2n) is 3.66. The Morgan fingerprint density at radius 1 is 1.44 bits per heavy atom. The van der Waals surface area contributed by atoms with Crippen molar-refractivity contribution in [2.75, 3.05) is 32.8 Å². The Labute approximate surface area is 96.7 Å². The molecule has 0 aliphatic heterocycles. The SMILES string of the molecule is CCC(COC)Nc1ccn(CCOC)n1. The maximum atomic E-state index is 5.12. The van der Waals surface area contributed by atoms with Gasteiger partial charge >= 0.3 is 0 Å². The third-order valence-corrected chi connectivity index (χ3v) is 2.38. The number of hydrogen-bond donors (Lipinski definition) is 1. The lowest BCUT2D eigenvalue weighted by molar-refractivity contribution is 0.182. The van der Waals surface area contributed by atoms with Crippen LogP contribution in [0, 0.1) is 0 Å². The molecular formula is C11H21N3O2. The van der Waals surface area contributed by atoms with Crippen LogP contribution in [0.4, 0.5) is 5.82 Å². The monoisotopic (exact) mass is 227 g/mol. The van der Waals surface area contributed by atoms with Crippen LogP contribution in [0.3, 0.4) is 0 Å². The van der Waals surface area contributed by atoms with Crippen molar-refractivity contribution in [2.24, 2.45) is 0 Å². The lowest BCUT2D eigenvalue weighted by Gasteiger charge is -2.14. The summed E-state index contributed by atoms with van der Waals surface area (Å²) in [5.41, 5.74) is 0. The standard InChI is InChI=1S/C11H21N3O2/c1-4-10(9-16-3)12-11-5-6-14(13-11)7-8-15-2/h5-6,10H,4,7-9H2,1-3H3,(H,12,13). The van der Waals surface area contributed by atoms with Crippen molar-refractivity contribution >= 4 is 5.82 Å². The van der Waals surface area contributed by atoms with Crippen molar-refractivity contribution in [3.05, 3.63) is 12.3 Å². The molecule has 1 N–H and O–H groups in total. The predicted octanol–water partition coefficient (Wildman–Crippen LogP) is 1.37. The molecule has 5 heteroatoms. The van der Waals surface area contributed by atoms with Gasteiger partial charge in [0.15, 0.2) is 0 Å². The largest absolute Gasteiger partial charge is 0.383 e. The lowest BCUT2D eigenvalue weighted by Crippen LogP contribution is -2.24. The number of ether oxygens (including phenoxy) is 2. The highest BCUT2D eigenvalue weighted by atomic mass is 16.5. The number of methoxy groups -OCH3 is 2. The van der Waals surface area contributed by atoms with Gasteiger partial charge in [-0.25, -0.2) is 0 Å². The molecule has 1 aromatic rings. The molecule has 0 aromatic carbocycles. The van der Waals surface area contributed by atoms with Gasteiger partial charge in [-0.1, -0.05) is 6.92 Å². The van der Waals surface area contributed by atoms with Crippen molar-refractivity contribution in [2.45, 2.75) is 25.9 Å². The molecule has 16 heavy (non-hydrogen) atoms. The van der Waals surface area contributed by atoms with Crippen molar-refractivity contribution < 1.29 is 9.47 Å². The van der Waals surface area contributed by atoms with Crippen molar-refractivity contribution in [1.29, 1.82) is 0 Å². The minimum absolute atomic E-state index is 0.316. The summed E-state index contributed by atoms with van der Waals surface area (Å²) in [7, 11) is 3.40. The average Bonchev–Trinajstić information content (AvgIpc) is 2.73. The topological polar surface area (TPSA) is 48.3 Å². The lowest BCUT2D eigenvalue weighted by atomic mass is 10.2. The van der Waals surface area contributed by atoms with Gasteiger partial charge in [-0.2, -0.15) is 5.10 Å². The third kappa shape index (κ3) is 4.20. The molecule has 1 aromatic heterocycles. The number of nitrogens with one attached hydrogen (secondary N) is 1. The number of nitrogens with zero attached hydrogens (tertiary/aromatic N) is 2. The third-order valence-electron chi connectivity index (χ3n) is 2.38. The van der Waals surface area contributed by atoms with E-state index in [0.717, 1.165) is 18.8 Å². The smallest absolute Gasteiger partial charge is 0.148 e. The van der Waals surface area contributed by atoms with Gasteiger partial charge in [0, 0.05) is 26.5 Å². The van der Waals surface area contributed by atoms with Crippen LogP contribution in [0.5, 0.6) is 0 Å². The summed E-state index contributed by atoms with van der Waals surface area (Å²) >= 11 is 0. The quantitative estimate of drug-likeness (QED) is 0.728. The molecule has 1 atom stereocenters. The van der Waals surface area contributed by atoms with Gasteiger partial charge in [-0.3, -0.25) is 4.68 Å². The molecule has 0 saturated carbocycles. The van der Waals surface area contributed by atoms with Crippen LogP contribution in [0.25, 0.3) is 0 Å². The van der Waals surface area contributed by atoms with Crippen LogP contribution in [-0.2, 0) is 16.0 Å². The van der Waals surface area contributed by atoms with Crippen molar-refractivity contribution in [3.63, 3.8) is 0 Å². The summed E-state index contributed by atoms with van der Waals surface area (Å²) in [4.78, 5) is 0. The summed E-state index contributed by atoms with van der Waals surface area (Å²) in [5.74, 6) is 0.889. The molecule has 1 heterocycles. The molecule has 0 saturated heterocycles. The Bertz CT molecular complexity index is 289. The van der Waals surface area contributed by atoms with Crippen molar-refractivity contribution in [1.82, 2.24) is 9.78 Å². The maximum Gasteiger partial charge on any atom is 0.148 e. The zero-order valence-electron chi connectivity index (χ0n) is 10.3. The minimum atomic E-state index is 0.316. The Morgan fingerprint density at radius 3 is 2.88 bits per heavy atom. The maximum absolute atomic E-state index is 5.12. The van der Waals surface area contributed by atoms with E-state index in [1.54, 1.807) is 14.2 Å². The summed E-state index contributed by atoms with van der Waals surface area (Å²) in [5, 5.41) is 7.72. The second-order valence-corrected chi connectivity index (χ2v) is 3.66. The molecule has 0 spiro atoms. The number of aromatic nitrogens is 2. The molecule has 0 aliphatic carbocycles. The average molecular weight is 227 g/mol. The molecule has 92 valence electrons. The van der Waals surface area contributed by atoms with Crippen LogP contribution in [0.15, 0.2) is 12.3 Å². The highest BCUT2D eigenvalue weighted by molar-refractivity contribution is 5.33. The highest BCUT2D eigenvalue weighted by Crippen LogP contribution is 2.06. The first-order valence-corrected chi connectivity index (χ1v) is 5.58. The Balaban J connectivity index is 2.43. The van der Waals surface area contributed by atoms with Crippen molar-refractivity contribution in [3.8, 4) is 0 Å². The van der Waals surface area contributed by atoms with E-state index in [1.807, 2.05) is 16.9 Å². The fourth-order valence-corrected chi connectivity index (χ4v) is 1.42. The van der Waals surface area contributed by atoms with E-state index < -0.39 is 0 Å². The van der Waals surface area contributed by atoms with E-state index >= 15 is 0 Å². The molecule has 0 amide bonds. The van der Waals surface area contributed by atoms with E-state index in [4.69, 9.17) is 9.47 Å². The molecule has 1 unspecified atom stereocenters. The zero-order chi connectivity index (χ0) is 11.8. The first-order chi connectivity index (χ1) is 7.80. The number of hydrogen-bond acceptors (Lipinski definition) is 4. The molecule has 0 aliphatic rings. The number of anilines is 1. The number of rotatable bonds is 8. The van der Waals surface area contributed by atoms with E-state index in [1.165, 1.54) is 0 Å². The van der Waals surface area contributed by atoms with Gasteiger partial charge in [-0.05, 0) is 6.42 Å². The minimum Gasteiger partial charge on any atom is -0.383 e. The summed E-state index contributed by atoms with van der Waals surface area (Å²) in [6.45, 7) is 4.27. The molecule has 5 nitrogen and oxygen atoms in total. The van der Waals surface area contributed by atoms with Gasteiger partial charge < -0.3 is 14.8 Å². The van der Waals surface area contributed by atoms with Gasteiger partial charge in [-0.15, -0.1) is 0 Å². The van der Waals surface area contributed by atoms with E-state index in [9.17, 15) is 0 Å². The van der Waals surface area contributed by atoms with Gasteiger partial charge in [0.1, 0.15) is 5.82 Å². The van der Waals surface area contributed by atoms with E-state index in [-0.39, 0.29) is 0 Å². The zero-order valence-corrected chi connectivity index (χ0v) is 10.3.